The van der Waals surface area contributed by atoms with E-state index in [1.54, 1.807) is 12.1 Å². The molecule has 4 amide bonds. The number of benzene rings is 2. The number of rotatable bonds is 17. The van der Waals surface area contributed by atoms with E-state index < -0.39 is 29.5 Å². The number of hydrogen-bond acceptors (Lipinski definition) is 12. The Kier molecular flexibility index (Phi) is 14.6. The molecule has 16 heteroatoms. The van der Waals surface area contributed by atoms with Crippen LogP contribution >= 0.6 is 0 Å². The summed E-state index contributed by atoms with van der Waals surface area (Å²) in [6.07, 6.45) is -1.14. The van der Waals surface area contributed by atoms with Crippen LogP contribution in [0.2, 0.25) is 0 Å². The average molecular weight is 790 g/mol. The summed E-state index contributed by atoms with van der Waals surface area (Å²) >= 11 is 0. The quantitative estimate of drug-likeness (QED) is 0.102. The SMILES string of the molecule is CC(C)(C)OC(=O)NCCN(CCNC(=O)OC(C)(C)C)CCOc1cccc(-c2cccc(CNCCC3CN(c4ccc5c(n4)NC(=O)CO5)C(=O)O3)c2)c1. The first-order valence-corrected chi connectivity index (χ1v) is 19.2. The Morgan fingerprint density at radius 1 is 0.877 bits per heavy atom. The second-order valence-corrected chi connectivity index (χ2v) is 15.7. The van der Waals surface area contributed by atoms with Crippen LogP contribution in [-0.2, 0) is 25.5 Å². The van der Waals surface area contributed by atoms with Gasteiger partial charge in [0.2, 0.25) is 0 Å². The first-order valence-electron chi connectivity index (χ1n) is 19.2. The van der Waals surface area contributed by atoms with Gasteiger partial charge in [-0.25, -0.2) is 19.4 Å². The number of alkyl carbamates (subject to hydrolysis) is 2. The van der Waals surface area contributed by atoms with Crippen molar-refractivity contribution in [1.82, 2.24) is 25.8 Å². The predicted molar refractivity (Wildman–Crippen MR) is 215 cm³/mol. The molecule has 57 heavy (non-hydrogen) atoms. The Balaban J connectivity index is 1.07. The van der Waals surface area contributed by atoms with E-state index in [9.17, 15) is 19.2 Å². The minimum absolute atomic E-state index is 0.0666. The molecular formula is C41H55N7O9. The number of fused-ring (bicyclic) bond motifs is 1. The molecule has 3 aromatic rings. The number of anilines is 2. The molecule has 2 aromatic carbocycles. The molecule has 1 unspecified atom stereocenters. The number of carbonyl (C=O) groups is 4. The van der Waals surface area contributed by atoms with Crippen molar-refractivity contribution < 1.29 is 42.9 Å². The van der Waals surface area contributed by atoms with Crippen LogP contribution in [0.4, 0.5) is 26.0 Å². The molecule has 0 bridgehead atoms. The van der Waals surface area contributed by atoms with Gasteiger partial charge in [-0.05, 0) is 102 Å². The van der Waals surface area contributed by atoms with E-state index in [0.29, 0.717) is 77.0 Å². The first-order chi connectivity index (χ1) is 27.1. The van der Waals surface area contributed by atoms with Gasteiger partial charge in [0.1, 0.15) is 35.5 Å². The van der Waals surface area contributed by atoms with Crippen molar-refractivity contribution in [3.63, 3.8) is 0 Å². The number of amides is 4. The molecule has 2 aliphatic heterocycles. The fourth-order valence-electron chi connectivity index (χ4n) is 5.97. The zero-order chi connectivity index (χ0) is 41.0. The van der Waals surface area contributed by atoms with E-state index in [1.807, 2.05) is 71.9 Å². The highest BCUT2D eigenvalue weighted by Crippen LogP contribution is 2.30. The Morgan fingerprint density at radius 2 is 1.54 bits per heavy atom. The molecule has 308 valence electrons. The van der Waals surface area contributed by atoms with Crippen molar-refractivity contribution in [3.05, 3.63) is 66.2 Å². The van der Waals surface area contributed by atoms with Crippen LogP contribution in [0.15, 0.2) is 60.7 Å². The molecule has 5 rings (SSSR count). The third-order valence-corrected chi connectivity index (χ3v) is 8.55. The van der Waals surface area contributed by atoms with Gasteiger partial charge in [0.05, 0.1) is 6.54 Å². The Bertz CT molecular complexity index is 1830. The molecule has 0 spiro atoms. The molecule has 1 saturated heterocycles. The van der Waals surface area contributed by atoms with Gasteiger partial charge in [-0.15, -0.1) is 0 Å². The van der Waals surface area contributed by atoms with Crippen molar-refractivity contribution in [2.24, 2.45) is 0 Å². The molecule has 2 aliphatic rings. The van der Waals surface area contributed by atoms with Gasteiger partial charge in [0.25, 0.3) is 5.91 Å². The van der Waals surface area contributed by atoms with E-state index in [2.05, 4.69) is 49.4 Å². The maximum absolute atomic E-state index is 12.6. The Labute approximate surface area is 333 Å². The summed E-state index contributed by atoms with van der Waals surface area (Å²) in [5.74, 6) is 1.56. The molecule has 0 saturated carbocycles. The van der Waals surface area contributed by atoms with E-state index in [4.69, 9.17) is 23.7 Å². The number of carbonyl (C=O) groups excluding carboxylic acids is 4. The average Bonchev–Trinajstić information content (AvgIpc) is 3.51. The monoisotopic (exact) mass is 789 g/mol. The summed E-state index contributed by atoms with van der Waals surface area (Å²) < 4.78 is 27.8. The minimum Gasteiger partial charge on any atom is -0.492 e. The zero-order valence-electron chi connectivity index (χ0n) is 33.6. The lowest BCUT2D eigenvalue weighted by Gasteiger charge is -2.24. The topological polar surface area (TPSA) is 182 Å². The largest absolute Gasteiger partial charge is 0.492 e. The van der Waals surface area contributed by atoms with Crippen LogP contribution in [0.5, 0.6) is 11.5 Å². The number of hydrogen-bond donors (Lipinski definition) is 4. The molecule has 3 heterocycles. The number of ether oxygens (including phenoxy) is 5. The fraction of sp³-hybridized carbons (Fsp3) is 0.488. The van der Waals surface area contributed by atoms with Crippen LogP contribution in [0.3, 0.4) is 0 Å². The minimum atomic E-state index is -0.594. The first kappa shape index (κ1) is 42.5. The second-order valence-electron chi connectivity index (χ2n) is 15.7. The third kappa shape index (κ3) is 14.1. The number of nitrogens with one attached hydrogen (secondary N) is 4. The highest BCUT2D eigenvalue weighted by molar-refractivity contribution is 5.95. The highest BCUT2D eigenvalue weighted by Gasteiger charge is 2.33. The van der Waals surface area contributed by atoms with Gasteiger partial charge in [-0.1, -0.05) is 30.3 Å². The summed E-state index contributed by atoms with van der Waals surface area (Å²) in [5.41, 5.74) is 1.96. The van der Waals surface area contributed by atoms with Gasteiger partial charge >= 0.3 is 18.3 Å². The van der Waals surface area contributed by atoms with Crippen molar-refractivity contribution in [3.8, 4) is 22.6 Å². The van der Waals surface area contributed by atoms with Crippen molar-refractivity contribution in [1.29, 1.82) is 0 Å². The molecule has 1 fully saturated rings. The normalized spacial score (nSPS) is 15.3. The molecule has 16 nitrogen and oxygen atoms in total. The van der Waals surface area contributed by atoms with Crippen LogP contribution in [0.1, 0.15) is 53.5 Å². The van der Waals surface area contributed by atoms with Crippen molar-refractivity contribution in [2.45, 2.75) is 71.8 Å². The van der Waals surface area contributed by atoms with Gasteiger partial charge in [-0.2, -0.15) is 0 Å². The maximum Gasteiger partial charge on any atom is 0.415 e. The van der Waals surface area contributed by atoms with Crippen LogP contribution in [0, 0.1) is 0 Å². The van der Waals surface area contributed by atoms with Crippen LogP contribution in [-0.4, -0.2) is 110 Å². The summed E-state index contributed by atoms with van der Waals surface area (Å²) in [6, 6.07) is 19.5. The fourth-order valence-corrected chi connectivity index (χ4v) is 5.97. The molecule has 0 radical (unpaired) electrons. The van der Waals surface area contributed by atoms with Crippen molar-refractivity contribution >= 4 is 35.8 Å². The number of cyclic esters (lactones) is 1. The summed E-state index contributed by atoms with van der Waals surface area (Å²) in [4.78, 5) is 56.6. The van der Waals surface area contributed by atoms with Gasteiger partial charge in [-0.3, -0.25) is 14.6 Å². The van der Waals surface area contributed by atoms with E-state index in [1.165, 1.54) is 4.90 Å². The number of aromatic nitrogens is 1. The second kappa shape index (κ2) is 19.5. The molecule has 0 aliphatic carbocycles. The predicted octanol–water partition coefficient (Wildman–Crippen LogP) is 5.31. The maximum atomic E-state index is 12.6. The lowest BCUT2D eigenvalue weighted by atomic mass is 10.0. The van der Waals surface area contributed by atoms with Gasteiger partial charge in [0, 0.05) is 39.3 Å². The zero-order valence-corrected chi connectivity index (χ0v) is 33.6. The van der Waals surface area contributed by atoms with E-state index >= 15 is 0 Å². The molecule has 1 atom stereocenters. The summed E-state index contributed by atoms with van der Waals surface area (Å²) in [7, 11) is 0. The van der Waals surface area contributed by atoms with Gasteiger partial charge < -0.3 is 45.0 Å². The third-order valence-electron chi connectivity index (χ3n) is 8.55. The summed E-state index contributed by atoms with van der Waals surface area (Å²) in [5, 5.41) is 11.7. The van der Waals surface area contributed by atoms with Gasteiger partial charge in [0.15, 0.2) is 18.2 Å². The molecular weight excluding hydrogens is 734 g/mol. The molecule has 4 N–H and O–H groups in total. The van der Waals surface area contributed by atoms with E-state index in [0.717, 1.165) is 22.4 Å². The summed E-state index contributed by atoms with van der Waals surface area (Å²) in [6.45, 7) is 15.1. The number of pyridine rings is 1. The Morgan fingerprint density at radius 3 is 2.23 bits per heavy atom. The lowest BCUT2D eigenvalue weighted by Crippen LogP contribution is -2.43. The lowest BCUT2D eigenvalue weighted by molar-refractivity contribution is -0.118. The highest BCUT2D eigenvalue weighted by atomic mass is 16.6. The standard InChI is InChI=1S/C41H55N7O9/c1-40(2,3)56-37(50)43-17-19-47(20-18-44-38(51)57-41(4,5)6)21-22-53-31-12-8-11-30(24-31)29-10-7-9-28(23-29)25-42-16-15-32-26-48(39(52)55-32)34-14-13-33-36(45-34)46-35(49)27-54-33/h7-14,23-24,32,42H,15-22,25-27H2,1-6H3,(H,43,50)(H,44,51)(H,45,46,49). The number of nitrogens with zero attached hydrogens (tertiary/aromatic N) is 3. The Hall–Kier alpha value is -5.61. The van der Waals surface area contributed by atoms with Crippen LogP contribution in [0.25, 0.3) is 11.1 Å². The van der Waals surface area contributed by atoms with Crippen LogP contribution < -0.4 is 35.6 Å². The molecule has 1 aromatic heterocycles. The van der Waals surface area contributed by atoms with E-state index in [-0.39, 0.29) is 24.4 Å². The smallest absolute Gasteiger partial charge is 0.415 e. The van der Waals surface area contributed by atoms with Crippen molar-refractivity contribution in [2.75, 3.05) is 69.2 Å².